The fourth-order valence-corrected chi connectivity index (χ4v) is 1.10. The smallest absolute Gasteiger partial charge is 0.304 e. The molecular weight excluding hydrogens is 190 g/mol. The number of benzene rings is 1. The second kappa shape index (κ2) is 4.83. The Labute approximate surface area is 88.3 Å². The van der Waals surface area contributed by atoms with Gasteiger partial charge in [0.15, 0.2) is 6.10 Å². The van der Waals surface area contributed by atoms with Gasteiger partial charge in [0.25, 0.3) is 0 Å². The maximum absolute atomic E-state index is 10.7. The van der Waals surface area contributed by atoms with Gasteiger partial charge in [0.2, 0.25) is 0 Å². The molecule has 1 atom stereocenters. The number of carbonyl (C=O) groups is 1. The van der Waals surface area contributed by atoms with E-state index in [1.807, 2.05) is 6.07 Å². The molecule has 3 nitrogen and oxygen atoms in total. The fourth-order valence-electron chi connectivity index (χ4n) is 1.10. The lowest BCUT2D eigenvalue weighted by Crippen LogP contribution is -2.06. The number of terminal acetylenes is 1. The van der Waals surface area contributed by atoms with Crippen LogP contribution >= 0.6 is 0 Å². The molecule has 0 saturated carbocycles. The summed E-state index contributed by atoms with van der Waals surface area (Å²) in [6.07, 6.45) is 4.55. The van der Waals surface area contributed by atoms with Gasteiger partial charge in [0, 0.05) is 12.5 Å². The van der Waals surface area contributed by atoms with Gasteiger partial charge < -0.3 is 4.74 Å². The lowest BCUT2D eigenvalue weighted by atomic mass is 10.1. The molecule has 0 aliphatic carbocycles. The maximum Gasteiger partial charge on any atom is 0.304 e. The van der Waals surface area contributed by atoms with Crippen LogP contribution in [0.3, 0.4) is 0 Å². The van der Waals surface area contributed by atoms with Crippen LogP contribution in [-0.2, 0) is 9.53 Å². The third kappa shape index (κ3) is 2.86. The number of nitriles is 1. The van der Waals surface area contributed by atoms with Crippen LogP contribution in [0.4, 0.5) is 0 Å². The number of nitrogens with zero attached hydrogens (tertiary/aromatic N) is 1. The Morgan fingerprint density at radius 3 is 2.47 bits per heavy atom. The first kappa shape index (κ1) is 10.8. The van der Waals surface area contributed by atoms with Crippen LogP contribution in [0.25, 0.3) is 0 Å². The van der Waals surface area contributed by atoms with E-state index in [2.05, 4.69) is 5.92 Å². The van der Waals surface area contributed by atoms with Crippen LogP contribution in [0.1, 0.15) is 24.2 Å². The number of esters is 1. The van der Waals surface area contributed by atoms with E-state index in [0.717, 1.165) is 0 Å². The standard InChI is InChI=1S/C12H9NO2/c1-3-12(15-9(2)14)11-6-4-10(8-13)5-7-11/h1,4-7,12H,2H3. The monoisotopic (exact) mass is 199 g/mol. The molecule has 0 saturated heterocycles. The molecule has 0 spiro atoms. The molecule has 0 aliphatic rings. The predicted molar refractivity (Wildman–Crippen MR) is 54.5 cm³/mol. The lowest BCUT2D eigenvalue weighted by molar-refractivity contribution is -0.144. The van der Waals surface area contributed by atoms with Crippen molar-refractivity contribution in [3.8, 4) is 18.4 Å². The molecule has 0 heterocycles. The van der Waals surface area contributed by atoms with Crippen LogP contribution < -0.4 is 0 Å². The molecule has 1 aromatic rings. The molecule has 0 bridgehead atoms. The summed E-state index contributed by atoms with van der Waals surface area (Å²) in [5.41, 5.74) is 1.23. The summed E-state index contributed by atoms with van der Waals surface area (Å²) < 4.78 is 4.90. The van der Waals surface area contributed by atoms with Crippen molar-refractivity contribution in [3.05, 3.63) is 35.4 Å². The van der Waals surface area contributed by atoms with Gasteiger partial charge in [-0.05, 0) is 12.1 Å². The second-order valence-corrected chi connectivity index (χ2v) is 2.89. The highest BCUT2D eigenvalue weighted by molar-refractivity contribution is 5.66. The minimum absolute atomic E-state index is 0.428. The van der Waals surface area contributed by atoms with Crippen molar-refractivity contribution in [3.63, 3.8) is 0 Å². The van der Waals surface area contributed by atoms with E-state index in [0.29, 0.717) is 11.1 Å². The Morgan fingerprint density at radius 1 is 1.47 bits per heavy atom. The Bertz CT molecular complexity index is 434. The third-order valence-electron chi connectivity index (χ3n) is 1.78. The van der Waals surface area contributed by atoms with Crippen molar-refractivity contribution in [1.29, 1.82) is 5.26 Å². The molecule has 0 radical (unpaired) electrons. The fraction of sp³-hybridized carbons (Fsp3) is 0.167. The first-order valence-corrected chi connectivity index (χ1v) is 4.30. The van der Waals surface area contributed by atoms with Gasteiger partial charge in [-0.15, -0.1) is 6.42 Å². The van der Waals surface area contributed by atoms with Crippen molar-refractivity contribution in [2.24, 2.45) is 0 Å². The summed E-state index contributed by atoms with van der Waals surface area (Å²) in [7, 11) is 0. The SMILES string of the molecule is C#CC(OC(C)=O)c1ccc(C#N)cc1. The van der Waals surface area contributed by atoms with Crippen LogP contribution in [0.5, 0.6) is 0 Å². The molecule has 0 aromatic heterocycles. The summed E-state index contributed by atoms with van der Waals surface area (Å²) in [5.74, 6) is 1.93. The Kier molecular flexibility index (Phi) is 3.49. The zero-order valence-corrected chi connectivity index (χ0v) is 8.23. The summed E-state index contributed by atoms with van der Waals surface area (Å²) in [6, 6.07) is 8.59. The minimum atomic E-state index is -0.685. The second-order valence-electron chi connectivity index (χ2n) is 2.89. The van der Waals surface area contributed by atoms with Crippen LogP contribution in [0.2, 0.25) is 0 Å². The van der Waals surface area contributed by atoms with E-state index < -0.39 is 12.1 Å². The van der Waals surface area contributed by atoms with Crippen LogP contribution in [0, 0.1) is 23.7 Å². The van der Waals surface area contributed by atoms with Gasteiger partial charge in [0.05, 0.1) is 11.6 Å². The van der Waals surface area contributed by atoms with Crippen LogP contribution in [-0.4, -0.2) is 5.97 Å². The van der Waals surface area contributed by atoms with E-state index >= 15 is 0 Å². The van der Waals surface area contributed by atoms with Crippen molar-refractivity contribution < 1.29 is 9.53 Å². The molecule has 0 N–H and O–H groups in total. The van der Waals surface area contributed by atoms with Crippen molar-refractivity contribution >= 4 is 5.97 Å². The molecule has 0 amide bonds. The van der Waals surface area contributed by atoms with Crippen molar-refractivity contribution in [2.45, 2.75) is 13.0 Å². The maximum atomic E-state index is 10.7. The molecule has 1 unspecified atom stereocenters. The zero-order chi connectivity index (χ0) is 11.3. The van der Waals surface area contributed by atoms with E-state index in [9.17, 15) is 4.79 Å². The molecule has 0 fully saturated rings. The van der Waals surface area contributed by atoms with E-state index in [4.69, 9.17) is 16.4 Å². The quantitative estimate of drug-likeness (QED) is 0.539. The third-order valence-corrected chi connectivity index (χ3v) is 1.78. The Hall–Kier alpha value is -2.26. The number of carbonyl (C=O) groups excluding carboxylic acids is 1. The van der Waals surface area contributed by atoms with E-state index in [1.54, 1.807) is 24.3 Å². The topological polar surface area (TPSA) is 50.1 Å². The van der Waals surface area contributed by atoms with Crippen molar-refractivity contribution in [1.82, 2.24) is 0 Å². The van der Waals surface area contributed by atoms with Gasteiger partial charge in [-0.1, -0.05) is 18.1 Å². The molecule has 1 rings (SSSR count). The molecule has 0 aliphatic heterocycles. The average molecular weight is 199 g/mol. The first-order valence-electron chi connectivity index (χ1n) is 4.30. The lowest BCUT2D eigenvalue weighted by Gasteiger charge is -2.10. The summed E-state index contributed by atoms with van der Waals surface area (Å²) >= 11 is 0. The van der Waals surface area contributed by atoms with Gasteiger partial charge >= 0.3 is 5.97 Å². The highest BCUT2D eigenvalue weighted by atomic mass is 16.5. The molecule has 1 aromatic carbocycles. The molecular formula is C12H9NO2. The highest BCUT2D eigenvalue weighted by Gasteiger charge is 2.10. The summed E-state index contributed by atoms with van der Waals surface area (Å²) in [5, 5.41) is 8.59. The van der Waals surface area contributed by atoms with E-state index in [-0.39, 0.29) is 0 Å². The summed E-state index contributed by atoms with van der Waals surface area (Å²) in [4.78, 5) is 10.7. The normalized spacial score (nSPS) is 10.9. The van der Waals surface area contributed by atoms with Gasteiger partial charge in [-0.3, -0.25) is 4.79 Å². The Morgan fingerprint density at radius 2 is 2.07 bits per heavy atom. The highest BCUT2D eigenvalue weighted by Crippen LogP contribution is 2.17. The molecule has 74 valence electrons. The number of ether oxygens (including phenoxy) is 1. The average Bonchev–Trinajstić information content (AvgIpc) is 2.26. The summed E-state index contributed by atoms with van der Waals surface area (Å²) in [6.45, 7) is 1.30. The first-order chi connectivity index (χ1) is 7.17. The van der Waals surface area contributed by atoms with Gasteiger partial charge in [0.1, 0.15) is 0 Å². The minimum Gasteiger partial charge on any atom is -0.444 e. The number of hydrogen-bond donors (Lipinski definition) is 0. The number of hydrogen-bond acceptors (Lipinski definition) is 3. The Balaban J connectivity index is 2.90. The van der Waals surface area contributed by atoms with Gasteiger partial charge in [-0.25, -0.2) is 0 Å². The largest absolute Gasteiger partial charge is 0.444 e. The van der Waals surface area contributed by atoms with Crippen LogP contribution in [0.15, 0.2) is 24.3 Å². The molecule has 15 heavy (non-hydrogen) atoms. The molecule has 3 heteroatoms. The van der Waals surface area contributed by atoms with E-state index in [1.165, 1.54) is 6.92 Å². The van der Waals surface area contributed by atoms with Gasteiger partial charge in [-0.2, -0.15) is 5.26 Å². The predicted octanol–water partition coefficient (Wildman–Crippen LogP) is 1.80. The number of rotatable bonds is 2. The van der Waals surface area contributed by atoms with Crippen molar-refractivity contribution in [2.75, 3.05) is 0 Å². The zero-order valence-electron chi connectivity index (χ0n) is 8.23.